The summed E-state index contributed by atoms with van der Waals surface area (Å²) in [4.78, 5) is 12.6. The standard InChI is InChI=1S/C22H17FN4O2/c1-15-10-12-16(13-11-15)27-14-19(25-26-27)22(28)24-21-18(23)8-5-9-20(21)29-17-6-3-2-4-7-17/h2-14H,1H3,(H,24,28). The number of anilines is 1. The highest BCUT2D eigenvalue weighted by atomic mass is 19.1. The van der Waals surface area contributed by atoms with Crippen LogP contribution in [-0.2, 0) is 0 Å². The molecule has 6 nitrogen and oxygen atoms in total. The smallest absolute Gasteiger partial charge is 0.278 e. The quantitative estimate of drug-likeness (QED) is 0.535. The Hall–Kier alpha value is -4.00. The van der Waals surface area contributed by atoms with Gasteiger partial charge < -0.3 is 10.1 Å². The molecule has 144 valence electrons. The number of para-hydroxylation sites is 2. The second kappa shape index (κ2) is 7.93. The van der Waals surface area contributed by atoms with E-state index >= 15 is 0 Å². The van der Waals surface area contributed by atoms with Gasteiger partial charge in [-0.3, -0.25) is 4.79 Å². The number of aromatic nitrogens is 3. The molecule has 0 radical (unpaired) electrons. The van der Waals surface area contributed by atoms with Crippen LogP contribution in [0, 0.1) is 12.7 Å². The average molecular weight is 388 g/mol. The molecule has 1 N–H and O–H groups in total. The van der Waals surface area contributed by atoms with Crippen molar-refractivity contribution in [3.63, 3.8) is 0 Å². The summed E-state index contributed by atoms with van der Waals surface area (Å²) in [5.41, 5.74) is 1.86. The molecule has 0 saturated heterocycles. The molecule has 0 bridgehead atoms. The summed E-state index contributed by atoms with van der Waals surface area (Å²) in [6.45, 7) is 1.98. The van der Waals surface area contributed by atoms with Crippen LogP contribution < -0.4 is 10.1 Å². The first kappa shape index (κ1) is 18.4. The van der Waals surface area contributed by atoms with Gasteiger partial charge >= 0.3 is 0 Å². The first-order chi connectivity index (χ1) is 14.1. The molecular weight excluding hydrogens is 371 g/mol. The first-order valence-corrected chi connectivity index (χ1v) is 8.92. The van der Waals surface area contributed by atoms with Crippen LogP contribution in [0.1, 0.15) is 16.1 Å². The number of halogens is 1. The fourth-order valence-corrected chi connectivity index (χ4v) is 2.70. The number of carbonyl (C=O) groups excluding carboxylic acids is 1. The molecule has 1 amide bonds. The lowest BCUT2D eigenvalue weighted by Crippen LogP contribution is -2.14. The van der Waals surface area contributed by atoms with Crippen LogP contribution >= 0.6 is 0 Å². The summed E-state index contributed by atoms with van der Waals surface area (Å²) in [7, 11) is 0. The van der Waals surface area contributed by atoms with E-state index in [9.17, 15) is 9.18 Å². The van der Waals surface area contributed by atoms with E-state index in [0.717, 1.165) is 11.3 Å². The van der Waals surface area contributed by atoms with Gasteiger partial charge in [0.25, 0.3) is 5.91 Å². The molecule has 1 heterocycles. The topological polar surface area (TPSA) is 69.0 Å². The Bertz CT molecular complexity index is 1140. The number of hydrogen-bond acceptors (Lipinski definition) is 4. The van der Waals surface area contributed by atoms with Gasteiger partial charge in [-0.2, -0.15) is 0 Å². The number of nitrogens with zero attached hydrogens (tertiary/aromatic N) is 3. The maximum Gasteiger partial charge on any atom is 0.278 e. The van der Waals surface area contributed by atoms with E-state index < -0.39 is 11.7 Å². The SMILES string of the molecule is Cc1ccc(-n2cc(C(=O)Nc3c(F)cccc3Oc3ccccc3)nn2)cc1. The molecule has 0 unspecified atom stereocenters. The van der Waals surface area contributed by atoms with E-state index in [4.69, 9.17) is 4.74 Å². The number of amides is 1. The Morgan fingerprint density at radius 3 is 2.52 bits per heavy atom. The van der Waals surface area contributed by atoms with Crippen LogP contribution in [0.4, 0.5) is 10.1 Å². The van der Waals surface area contributed by atoms with Crippen molar-refractivity contribution >= 4 is 11.6 Å². The van der Waals surface area contributed by atoms with Crippen LogP contribution in [0.5, 0.6) is 11.5 Å². The highest BCUT2D eigenvalue weighted by Crippen LogP contribution is 2.32. The molecule has 0 fully saturated rings. The van der Waals surface area contributed by atoms with Crippen molar-refractivity contribution < 1.29 is 13.9 Å². The van der Waals surface area contributed by atoms with E-state index in [1.807, 2.05) is 37.3 Å². The van der Waals surface area contributed by atoms with Gasteiger partial charge in [-0.25, -0.2) is 9.07 Å². The Labute approximate surface area is 166 Å². The molecule has 4 aromatic rings. The van der Waals surface area contributed by atoms with Gasteiger partial charge in [0.1, 0.15) is 11.4 Å². The summed E-state index contributed by atoms with van der Waals surface area (Å²) in [6, 6.07) is 20.9. The predicted octanol–water partition coefficient (Wildman–Crippen LogP) is 4.76. The maximum atomic E-state index is 14.4. The molecule has 0 aliphatic rings. The third kappa shape index (κ3) is 4.14. The van der Waals surface area contributed by atoms with Crippen molar-refractivity contribution in [3.8, 4) is 17.2 Å². The molecule has 0 aliphatic carbocycles. The van der Waals surface area contributed by atoms with Crippen LogP contribution in [-0.4, -0.2) is 20.9 Å². The molecule has 4 rings (SSSR count). The zero-order chi connectivity index (χ0) is 20.2. The van der Waals surface area contributed by atoms with Gasteiger partial charge in [-0.1, -0.05) is 47.2 Å². The Morgan fingerprint density at radius 2 is 1.76 bits per heavy atom. The van der Waals surface area contributed by atoms with Crippen LogP contribution in [0.15, 0.2) is 79.0 Å². The largest absolute Gasteiger partial charge is 0.455 e. The minimum Gasteiger partial charge on any atom is -0.455 e. The Morgan fingerprint density at radius 1 is 1.00 bits per heavy atom. The van der Waals surface area contributed by atoms with Gasteiger partial charge in [-0.15, -0.1) is 5.10 Å². The highest BCUT2D eigenvalue weighted by Gasteiger charge is 2.17. The normalized spacial score (nSPS) is 10.6. The third-order valence-corrected chi connectivity index (χ3v) is 4.21. The molecule has 0 aliphatic heterocycles. The Kier molecular flexibility index (Phi) is 5.03. The molecular formula is C22H17FN4O2. The summed E-state index contributed by atoms with van der Waals surface area (Å²) in [5, 5.41) is 10.4. The number of rotatable bonds is 5. The van der Waals surface area contributed by atoms with Gasteiger partial charge in [0.05, 0.1) is 11.9 Å². The summed E-state index contributed by atoms with van der Waals surface area (Å²) < 4.78 is 21.6. The molecule has 29 heavy (non-hydrogen) atoms. The lowest BCUT2D eigenvalue weighted by Gasteiger charge is -2.12. The Balaban J connectivity index is 1.56. The number of carbonyl (C=O) groups is 1. The minimum atomic E-state index is -0.613. The van der Waals surface area contributed by atoms with Crippen molar-refractivity contribution in [3.05, 3.63) is 96.1 Å². The van der Waals surface area contributed by atoms with Crippen molar-refractivity contribution in [2.75, 3.05) is 5.32 Å². The zero-order valence-corrected chi connectivity index (χ0v) is 15.5. The van der Waals surface area contributed by atoms with E-state index in [1.54, 1.807) is 30.3 Å². The molecule has 1 aromatic heterocycles. The van der Waals surface area contributed by atoms with Crippen LogP contribution in [0.2, 0.25) is 0 Å². The second-order valence-electron chi connectivity index (χ2n) is 6.37. The zero-order valence-electron chi connectivity index (χ0n) is 15.5. The van der Waals surface area contributed by atoms with Crippen molar-refractivity contribution in [2.24, 2.45) is 0 Å². The second-order valence-corrected chi connectivity index (χ2v) is 6.37. The molecule has 0 saturated carbocycles. The minimum absolute atomic E-state index is 0.0551. The number of hydrogen-bond donors (Lipinski definition) is 1. The van der Waals surface area contributed by atoms with Crippen molar-refractivity contribution in [2.45, 2.75) is 6.92 Å². The molecule has 0 atom stereocenters. The van der Waals surface area contributed by atoms with Crippen LogP contribution in [0.3, 0.4) is 0 Å². The lowest BCUT2D eigenvalue weighted by atomic mass is 10.2. The third-order valence-electron chi connectivity index (χ3n) is 4.21. The fourth-order valence-electron chi connectivity index (χ4n) is 2.70. The molecule has 3 aromatic carbocycles. The fraction of sp³-hybridized carbons (Fsp3) is 0.0455. The monoisotopic (exact) mass is 388 g/mol. The van der Waals surface area contributed by atoms with E-state index in [2.05, 4.69) is 15.6 Å². The summed E-state index contributed by atoms with van der Waals surface area (Å²) >= 11 is 0. The number of nitrogens with one attached hydrogen (secondary N) is 1. The van der Waals surface area contributed by atoms with Gasteiger partial charge in [-0.05, 0) is 43.3 Å². The number of ether oxygens (including phenoxy) is 1. The first-order valence-electron chi connectivity index (χ1n) is 8.92. The van der Waals surface area contributed by atoms with E-state index in [-0.39, 0.29) is 17.1 Å². The number of benzene rings is 3. The summed E-state index contributed by atoms with van der Waals surface area (Å²) in [5.74, 6) is -0.488. The van der Waals surface area contributed by atoms with Gasteiger partial charge in [0.15, 0.2) is 17.3 Å². The van der Waals surface area contributed by atoms with Crippen LogP contribution in [0.25, 0.3) is 5.69 Å². The van der Waals surface area contributed by atoms with Crippen molar-refractivity contribution in [1.29, 1.82) is 0 Å². The molecule has 0 spiro atoms. The van der Waals surface area contributed by atoms with E-state index in [0.29, 0.717) is 5.75 Å². The highest BCUT2D eigenvalue weighted by molar-refractivity contribution is 6.03. The summed E-state index contributed by atoms with van der Waals surface area (Å²) in [6.07, 6.45) is 1.48. The predicted molar refractivity (Wildman–Crippen MR) is 107 cm³/mol. The maximum absolute atomic E-state index is 14.4. The van der Waals surface area contributed by atoms with E-state index in [1.165, 1.54) is 23.0 Å². The number of aryl methyl sites for hydroxylation is 1. The molecule has 7 heteroatoms. The van der Waals surface area contributed by atoms with Gasteiger partial charge in [0, 0.05) is 0 Å². The van der Waals surface area contributed by atoms with Gasteiger partial charge in [0.2, 0.25) is 0 Å². The average Bonchev–Trinajstić information content (AvgIpc) is 3.22. The lowest BCUT2D eigenvalue weighted by molar-refractivity contribution is 0.102. The van der Waals surface area contributed by atoms with Crippen molar-refractivity contribution in [1.82, 2.24) is 15.0 Å².